The van der Waals surface area contributed by atoms with E-state index >= 15 is 0 Å². The molecule has 0 N–H and O–H groups in total. The van der Waals surface area contributed by atoms with E-state index in [0.29, 0.717) is 0 Å². The van der Waals surface area contributed by atoms with Crippen LogP contribution in [0.3, 0.4) is 0 Å². The van der Waals surface area contributed by atoms with Crippen molar-refractivity contribution in [2.45, 2.75) is 13.4 Å². The molecule has 1 heteroatoms. The van der Waals surface area contributed by atoms with Crippen molar-refractivity contribution in [3.63, 3.8) is 0 Å². The Morgan fingerprint density at radius 3 is 1.88 bits per heavy atom. The summed E-state index contributed by atoms with van der Waals surface area (Å²) in [6.45, 7) is 0. The minimum absolute atomic E-state index is 1.92. The molecule has 0 atom stereocenters. The average molecular weight is 301 g/mol. The van der Waals surface area contributed by atoms with Gasteiger partial charge in [-0.25, -0.2) is 0 Å². The van der Waals surface area contributed by atoms with Crippen molar-refractivity contribution in [1.82, 2.24) is 0 Å². The van der Waals surface area contributed by atoms with Crippen molar-refractivity contribution in [2.24, 2.45) is 0 Å². The first kappa shape index (κ1) is 8.04. The van der Waals surface area contributed by atoms with Gasteiger partial charge in [0, 0.05) is 0 Å². The van der Waals surface area contributed by atoms with Gasteiger partial charge in [0.1, 0.15) is 0 Å². The van der Waals surface area contributed by atoms with E-state index in [1.54, 1.807) is 0 Å². The Morgan fingerprint density at radius 2 is 1.75 bits per heavy atom. The third-order valence-electron chi connectivity index (χ3n) is 0.510. The molecule has 0 amide bonds. The molecule has 0 aromatic carbocycles. The molecular formula is C7H10Pb. The van der Waals surface area contributed by atoms with E-state index in [0.717, 1.165) is 0 Å². The molecule has 8 heavy (non-hydrogen) atoms. The summed E-state index contributed by atoms with van der Waals surface area (Å²) >= 11 is -1.92. The normalized spacial score (nSPS) is 8.75. The molecule has 0 aliphatic heterocycles. The molecule has 0 fully saturated rings. The van der Waals surface area contributed by atoms with Crippen LogP contribution in [0.15, 0.2) is 0 Å². The van der Waals surface area contributed by atoms with Gasteiger partial charge in [-0.2, -0.15) is 0 Å². The first-order chi connectivity index (χ1) is 3.56. The molecule has 42 valence electrons. The molecule has 0 bridgehead atoms. The van der Waals surface area contributed by atoms with Crippen LogP contribution in [0.5, 0.6) is 0 Å². The van der Waals surface area contributed by atoms with Gasteiger partial charge in [0.15, 0.2) is 0 Å². The van der Waals surface area contributed by atoms with Crippen LogP contribution in [-0.4, -0.2) is 21.2 Å². The van der Waals surface area contributed by atoms with E-state index in [4.69, 9.17) is 6.42 Å². The number of terminal acetylenes is 1. The number of rotatable bonds is 0. The first-order valence-corrected chi connectivity index (χ1v) is 16.1. The summed E-state index contributed by atoms with van der Waals surface area (Å²) in [4.78, 5) is 0. The van der Waals surface area contributed by atoms with E-state index in [-0.39, 0.29) is 0 Å². The van der Waals surface area contributed by atoms with Crippen molar-refractivity contribution < 1.29 is 0 Å². The molecule has 0 spiro atoms. The summed E-state index contributed by atoms with van der Waals surface area (Å²) in [6, 6.07) is 0. The van der Waals surface area contributed by atoms with Gasteiger partial charge in [-0.3, -0.25) is 0 Å². The Bertz CT molecular complexity index is 156. The summed E-state index contributed by atoms with van der Waals surface area (Å²) in [7, 11) is 0. The fraction of sp³-hybridized carbons (Fsp3) is 0.429. The number of hydrogen-bond donors (Lipinski definition) is 0. The predicted molar refractivity (Wildman–Crippen MR) is 40.0 cm³/mol. The van der Waals surface area contributed by atoms with E-state index in [1.165, 1.54) is 0 Å². The summed E-state index contributed by atoms with van der Waals surface area (Å²) in [5, 5.41) is 0. The molecule has 0 aromatic heterocycles. The van der Waals surface area contributed by atoms with Gasteiger partial charge in [0.2, 0.25) is 0 Å². The van der Waals surface area contributed by atoms with Crippen LogP contribution in [0.1, 0.15) is 0 Å². The topological polar surface area (TPSA) is 0 Å². The van der Waals surface area contributed by atoms with Crippen LogP contribution >= 0.6 is 0 Å². The zero-order chi connectivity index (χ0) is 6.62. The zero-order valence-corrected chi connectivity index (χ0v) is 9.46. The molecule has 0 aliphatic rings. The van der Waals surface area contributed by atoms with E-state index in [9.17, 15) is 0 Å². The summed E-state index contributed by atoms with van der Waals surface area (Å²) in [6.07, 6.45) is 4.95. The van der Waals surface area contributed by atoms with E-state index < -0.39 is 21.2 Å². The molecule has 0 saturated heterocycles. The monoisotopic (exact) mass is 302 g/mol. The molecular weight excluding hydrogens is 291 g/mol. The zero-order valence-electron chi connectivity index (χ0n) is 5.58. The first-order valence-electron chi connectivity index (χ1n) is 2.54. The minimum atomic E-state index is -1.92. The molecule has 0 saturated carbocycles. The summed E-state index contributed by atoms with van der Waals surface area (Å²) in [5.74, 6) is 4.98. The average Bonchev–Trinajstić information content (AvgIpc) is 1.59. The van der Waals surface area contributed by atoms with Crippen molar-refractivity contribution in [3.05, 3.63) is 0 Å². The van der Waals surface area contributed by atoms with Crippen LogP contribution in [0.4, 0.5) is 0 Å². The predicted octanol–water partition coefficient (Wildman–Crippen LogP) is 1.50. The Hall–Kier alpha value is 0.0421. The summed E-state index contributed by atoms with van der Waals surface area (Å²) < 4.78 is 9.85. The van der Waals surface area contributed by atoms with E-state index in [2.05, 4.69) is 28.8 Å². The van der Waals surface area contributed by atoms with Gasteiger partial charge in [-0.1, -0.05) is 0 Å². The SMILES string of the molecule is C#CC#[C][Pb]([CH3])([CH3])[CH3]. The second kappa shape index (κ2) is 3.14. The maximum atomic E-state index is 4.95. The molecule has 0 aliphatic carbocycles. The van der Waals surface area contributed by atoms with Gasteiger partial charge in [0.05, 0.1) is 0 Å². The Morgan fingerprint density at radius 1 is 1.25 bits per heavy atom. The van der Waals surface area contributed by atoms with Crippen molar-refractivity contribution in [1.29, 1.82) is 0 Å². The quantitative estimate of drug-likeness (QED) is 0.470. The molecule has 0 unspecified atom stereocenters. The standard InChI is InChI=1S/C4H.3CH3.Pb/c1-3-4-2;;;;/h1H;3*1H3;. The Labute approximate surface area is 56.3 Å². The molecule has 0 nitrogen and oxygen atoms in total. The van der Waals surface area contributed by atoms with Gasteiger partial charge >= 0.3 is 56.4 Å². The third-order valence-corrected chi connectivity index (χ3v) is 3.91. The maximum absolute atomic E-state index is 4.95. The third kappa shape index (κ3) is 6.04. The van der Waals surface area contributed by atoms with Crippen LogP contribution < -0.4 is 0 Å². The van der Waals surface area contributed by atoms with Gasteiger partial charge < -0.3 is 0 Å². The van der Waals surface area contributed by atoms with Crippen LogP contribution in [0, 0.1) is 21.7 Å². The van der Waals surface area contributed by atoms with E-state index in [1.807, 2.05) is 0 Å². The second-order valence-corrected chi connectivity index (χ2v) is 21.1. The van der Waals surface area contributed by atoms with Crippen molar-refractivity contribution >= 4 is 21.2 Å². The van der Waals surface area contributed by atoms with Crippen LogP contribution in [0.25, 0.3) is 0 Å². The molecule has 0 heterocycles. The van der Waals surface area contributed by atoms with Gasteiger partial charge in [-0.05, 0) is 0 Å². The van der Waals surface area contributed by atoms with Crippen LogP contribution in [0.2, 0.25) is 13.4 Å². The van der Waals surface area contributed by atoms with Gasteiger partial charge in [-0.15, -0.1) is 0 Å². The molecule has 0 aromatic rings. The number of hydrogen-bond acceptors (Lipinski definition) is 0. The van der Waals surface area contributed by atoms with Crippen molar-refractivity contribution in [3.8, 4) is 21.7 Å². The Balaban J connectivity index is 3.93. The van der Waals surface area contributed by atoms with Gasteiger partial charge in [0.25, 0.3) is 0 Å². The van der Waals surface area contributed by atoms with Crippen LogP contribution in [-0.2, 0) is 0 Å². The molecule has 0 radical (unpaired) electrons. The summed E-state index contributed by atoms with van der Waals surface area (Å²) in [5.41, 5.74) is 0. The van der Waals surface area contributed by atoms with Crippen molar-refractivity contribution in [2.75, 3.05) is 0 Å². The fourth-order valence-electron chi connectivity index (χ4n) is 0.224. The Kier molecular flexibility index (Phi) is 3.16. The fourth-order valence-corrected chi connectivity index (χ4v) is 1.96. The second-order valence-electron chi connectivity index (χ2n) is 2.64. The molecule has 0 rings (SSSR count).